The Morgan fingerprint density at radius 2 is 1.58 bits per heavy atom. The fourth-order valence-corrected chi connectivity index (χ4v) is 4.70. The summed E-state index contributed by atoms with van der Waals surface area (Å²) in [6.07, 6.45) is 0. The first-order valence-electron chi connectivity index (χ1n) is 7.23. The molecule has 0 spiro atoms. The van der Waals surface area contributed by atoms with Crippen LogP contribution in [0.5, 0.6) is 0 Å². The summed E-state index contributed by atoms with van der Waals surface area (Å²) in [4.78, 5) is 10.8. The number of halogens is 1. The summed E-state index contributed by atoms with van der Waals surface area (Å²) in [6.45, 7) is 2.53. The minimum absolute atomic E-state index is 0.0224. The second-order valence-electron chi connectivity index (χ2n) is 5.96. The van der Waals surface area contributed by atoms with E-state index in [0.29, 0.717) is 0 Å². The highest BCUT2D eigenvalue weighted by Crippen LogP contribution is 2.29. The first kappa shape index (κ1) is 20.4. The van der Waals surface area contributed by atoms with Crippen molar-refractivity contribution in [1.82, 2.24) is 0 Å². The summed E-state index contributed by atoms with van der Waals surface area (Å²) in [6, 6.07) is 10.6. The molecule has 10 heteroatoms. The quantitative estimate of drug-likeness (QED) is 0.739. The van der Waals surface area contributed by atoms with Crippen molar-refractivity contribution < 1.29 is 25.8 Å². The molecule has 0 atom stereocenters. The standard InChI is InChI=1S/C16H16ClNO6S2/c1-16(2,18)15(19)24-26(22,23)14-10-12(8-9-13(14)17)25(20,21)11-6-4-3-5-7-11/h3-10H,18H2,1-2H3. The van der Waals surface area contributed by atoms with E-state index in [0.717, 1.165) is 12.1 Å². The van der Waals surface area contributed by atoms with Crippen LogP contribution < -0.4 is 5.73 Å². The van der Waals surface area contributed by atoms with Crippen LogP contribution in [0.25, 0.3) is 0 Å². The number of hydrogen-bond donors (Lipinski definition) is 1. The maximum Gasteiger partial charge on any atom is 0.343 e. The molecule has 0 radical (unpaired) electrons. The highest BCUT2D eigenvalue weighted by molar-refractivity contribution is 7.91. The van der Waals surface area contributed by atoms with Crippen molar-refractivity contribution in [2.75, 3.05) is 0 Å². The molecule has 0 aromatic heterocycles. The normalized spacial score (nSPS) is 12.6. The van der Waals surface area contributed by atoms with Crippen molar-refractivity contribution >= 4 is 37.5 Å². The first-order valence-corrected chi connectivity index (χ1v) is 10.5. The third-order valence-corrected chi connectivity index (χ3v) is 6.70. The Morgan fingerprint density at radius 1 is 1.00 bits per heavy atom. The smallest absolute Gasteiger partial charge is 0.340 e. The minimum Gasteiger partial charge on any atom is -0.340 e. The van der Waals surface area contributed by atoms with Crippen LogP contribution in [-0.4, -0.2) is 28.3 Å². The number of benzene rings is 2. The molecule has 0 unspecified atom stereocenters. The lowest BCUT2D eigenvalue weighted by Gasteiger charge is -2.17. The molecule has 140 valence electrons. The third-order valence-electron chi connectivity index (χ3n) is 3.25. The van der Waals surface area contributed by atoms with Gasteiger partial charge in [-0.15, -0.1) is 0 Å². The van der Waals surface area contributed by atoms with Crippen LogP contribution >= 0.6 is 11.6 Å². The van der Waals surface area contributed by atoms with E-state index in [1.165, 1.54) is 44.2 Å². The molecule has 26 heavy (non-hydrogen) atoms. The Morgan fingerprint density at radius 3 is 2.12 bits per heavy atom. The van der Waals surface area contributed by atoms with Crippen LogP contribution in [0.3, 0.4) is 0 Å². The van der Waals surface area contributed by atoms with Gasteiger partial charge in [0.2, 0.25) is 9.84 Å². The van der Waals surface area contributed by atoms with E-state index in [9.17, 15) is 21.6 Å². The second-order valence-corrected chi connectivity index (χ2v) is 9.83. The maximum atomic E-state index is 12.6. The van der Waals surface area contributed by atoms with Gasteiger partial charge in [0.15, 0.2) is 0 Å². The van der Waals surface area contributed by atoms with Crippen molar-refractivity contribution in [3.63, 3.8) is 0 Å². The zero-order chi connectivity index (χ0) is 19.8. The fourth-order valence-electron chi connectivity index (χ4n) is 1.83. The summed E-state index contributed by atoms with van der Waals surface area (Å²) in [5.41, 5.74) is 3.95. The zero-order valence-electron chi connectivity index (χ0n) is 13.8. The van der Waals surface area contributed by atoms with Gasteiger partial charge in [-0.3, -0.25) is 0 Å². The van der Waals surface area contributed by atoms with Crippen molar-refractivity contribution in [2.24, 2.45) is 5.73 Å². The summed E-state index contributed by atoms with van der Waals surface area (Å²) >= 11 is 5.88. The molecule has 0 fully saturated rings. The molecule has 7 nitrogen and oxygen atoms in total. The Hall–Kier alpha value is -1.94. The van der Waals surface area contributed by atoms with Crippen LogP contribution in [0.1, 0.15) is 13.8 Å². The van der Waals surface area contributed by atoms with Crippen LogP contribution in [0.2, 0.25) is 5.02 Å². The zero-order valence-corrected chi connectivity index (χ0v) is 16.2. The van der Waals surface area contributed by atoms with Crippen LogP contribution in [0.15, 0.2) is 63.2 Å². The molecule has 0 aliphatic rings. The first-order chi connectivity index (χ1) is 11.9. The fraction of sp³-hybridized carbons (Fsp3) is 0.188. The molecule has 2 aromatic carbocycles. The molecular weight excluding hydrogens is 402 g/mol. The number of nitrogens with two attached hydrogens (primary N) is 1. The molecule has 0 saturated heterocycles. The van der Waals surface area contributed by atoms with E-state index in [4.69, 9.17) is 17.3 Å². The molecule has 0 aliphatic heterocycles. The van der Waals surface area contributed by atoms with Crippen LogP contribution in [0.4, 0.5) is 0 Å². The SMILES string of the molecule is CC(C)(N)C(=O)OS(=O)(=O)c1cc(S(=O)(=O)c2ccccc2)ccc1Cl. The number of carbonyl (C=O) groups is 1. The van der Waals surface area contributed by atoms with Crippen LogP contribution in [0, 0.1) is 0 Å². The van der Waals surface area contributed by atoms with E-state index in [-0.39, 0.29) is 14.8 Å². The lowest BCUT2D eigenvalue weighted by molar-refractivity contribution is -0.138. The van der Waals surface area contributed by atoms with E-state index in [2.05, 4.69) is 4.18 Å². The largest absolute Gasteiger partial charge is 0.343 e. The Kier molecular flexibility index (Phi) is 5.48. The predicted molar refractivity (Wildman–Crippen MR) is 94.9 cm³/mol. The van der Waals surface area contributed by atoms with E-state index >= 15 is 0 Å². The van der Waals surface area contributed by atoms with Gasteiger partial charge in [0.25, 0.3) is 0 Å². The molecule has 0 heterocycles. The highest BCUT2D eigenvalue weighted by atomic mass is 35.5. The van der Waals surface area contributed by atoms with Gasteiger partial charge in [-0.1, -0.05) is 29.8 Å². The van der Waals surface area contributed by atoms with E-state index < -0.39 is 36.4 Å². The Bertz CT molecular complexity index is 1040. The lowest BCUT2D eigenvalue weighted by atomic mass is 10.1. The molecule has 2 rings (SSSR count). The van der Waals surface area contributed by atoms with Gasteiger partial charge in [0.1, 0.15) is 10.4 Å². The average Bonchev–Trinajstić information content (AvgIpc) is 2.54. The number of sulfone groups is 1. The summed E-state index contributed by atoms with van der Waals surface area (Å²) in [5, 5.41) is -0.292. The van der Waals surface area contributed by atoms with Crippen molar-refractivity contribution in [3.05, 3.63) is 53.6 Å². The number of rotatable bonds is 5. The van der Waals surface area contributed by atoms with E-state index in [1.807, 2.05) is 0 Å². The van der Waals surface area contributed by atoms with E-state index in [1.54, 1.807) is 6.07 Å². The van der Waals surface area contributed by atoms with Crippen molar-refractivity contribution in [2.45, 2.75) is 34.1 Å². The molecule has 0 bridgehead atoms. The van der Waals surface area contributed by atoms with Gasteiger partial charge in [-0.05, 0) is 44.2 Å². The van der Waals surface area contributed by atoms with Gasteiger partial charge in [-0.2, -0.15) is 8.42 Å². The monoisotopic (exact) mass is 417 g/mol. The number of hydrogen-bond acceptors (Lipinski definition) is 7. The Labute approximate surface area is 156 Å². The summed E-state index contributed by atoms with van der Waals surface area (Å²) in [7, 11) is -8.65. The molecular formula is C16H16ClNO6S2. The average molecular weight is 418 g/mol. The molecule has 2 N–H and O–H groups in total. The molecule has 2 aromatic rings. The summed E-state index contributed by atoms with van der Waals surface area (Å²) < 4.78 is 54.4. The second kappa shape index (κ2) is 6.99. The lowest BCUT2D eigenvalue weighted by Crippen LogP contribution is -2.43. The highest BCUT2D eigenvalue weighted by Gasteiger charge is 2.32. The maximum absolute atomic E-state index is 12.6. The predicted octanol–water partition coefficient (Wildman–Crippen LogP) is 2.14. The minimum atomic E-state index is -4.66. The molecule has 0 aliphatic carbocycles. The Balaban J connectivity index is 2.53. The van der Waals surface area contributed by atoms with Gasteiger partial charge >= 0.3 is 16.1 Å². The van der Waals surface area contributed by atoms with Crippen molar-refractivity contribution in [3.8, 4) is 0 Å². The molecule has 0 amide bonds. The topological polar surface area (TPSA) is 121 Å². The van der Waals surface area contributed by atoms with Crippen molar-refractivity contribution in [1.29, 1.82) is 0 Å². The molecule has 0 saturated carbocycles. The van der Waals surface area contributed by atoms with Crippen LogP contribution in [-0.2, 0) is 28.9 Å². The number of carbonyl (C=O) groups excluding carboxylic acids is 1. The summed E-state index contributed by atoms with van der Waals surface area (Å²) in [5.74, 6) is -1.20. The van der Waals surface area contributed by atoms with Gasteiger partial charge in [0.05, 0.1) is 14.8 Å². The van der Waals surface area contributed by atoms with Gasteiger partial charge in [-0.25, -0.2) is 13.2 Å². The van der Waals surface area contributed by atoms with Gasteiger partial charge < -0.3 is 9.92 Å². The third kappa shape index (κ3) is 4.24. The van der Waals surface area contributed by atoms with Gasteiger partial charge in [0, 0.05) is 0 Å².